The van der Waals surface area contributed by atoms with Crippen LogP contribution in [0.2, 0.25) is 0 Å². The summed E-state index contributed by atoms with van der Waals surface area (Å²) in [7, 11) is 3.20. The lowest BCUT2D eigenvalue weighted by Gasteiger charge is -2.17. The van der Waals surface area contributed by atoms with Crippen molar-refractivity contribution in [2.24, 2.45) is 5.73 Å². The van der Waals surface area contributed by atoms with Crippen LogP contribution in [0.4, 0.5) is 0 Å². The van der Waals surface area contributed by atoms with E-state index in [2.05, 4.69) is 4.98 Å². The van der Waals surface area contributed by atoms with E-state index in [9.17, 15) is 4.79 Å². The van der Waals surface area contributed by atoms with Crippen LogP contribution in [0.5, 0.6) is 11.5 Å². The van der Waals surface area contributed by atoms with E-state index in [1.807, 2.05) is 23.6 Å². The molecule has 0 aliphatic rings. The Hall–Kier alpha value is -1.83. The molecule has 0 saturated heterocycles. The van der Waals surface area contributed by atoms with E-state index in [0.717, 1.165) is 23.3 Å². The molecule has 1 heterocycles. The molecule has 1 aromatic carbocycles. The third-order valence-corrected chi connectivity index (χ3v) is 3.94. The first kappa shape index (κ1) is 20.2. The SMILES string of the molecule is COc1cc(-c2cc(=O)[nH]c(=S)n2CCCN)c(OC)cc1C.Cl. The molecule has 2 rings (SSSR count). The van der Waals surface area contributed by atoms with E-state index < -0.39 is 0 Å². The average molecular weight is 372 g/mol. The van der Waals surface area contributed by atoms with E-state index in [1.165, 1.54) is 6.07 Å². The summed E-state index contributed by atoms with van der Waals surface area (Å²) < 4.78 is 13.1. The summed E-state index contributed by atoms with van der Waals surface area (Å²) in [4.78, 5) is 14.5. The van der Waals surface area contributed by atoms with E-state index >= 15 is 0 Å². The van der Waals surface area contributed by atoms with Gasteiger partial charge in [-0.1, -0.05) is 0 Å². The molecule has 0 fully saturated rings. The molecular weight excluding hydrogens is 350 g/mol. The number of rotatable bonds is 6. The molecule has 0 atom stereocenters. The van der Waals surface area contributed by atoms with Gasteiger partial charge in [-0.3, -0.25) is 9.78 Å². The molecule has 6 nitrogen and oxygen atoms in total. The van der Waals surface area contributed by atoms with Crippen LogP contribution in [-0.4, -0.2) is 30.3 Å². The quantitative estimate of drug-likeness (QED) is 0.763. The largest absolute Gasteiger partial charge is 0.496 e. The van der Waals surface area contributed by atoms with Gasteiger partial charge in [0, 0.05) is 18.2 Å². The molecule has 0 aliphatic heterocycles. The van der Waals surface area contributed by atoms with Crippen LogP contribution < -0.4 is 20.8 Å². The van der Waals surface area contributed by atoms with Crippen molar-refractivity contribution in [1.29, 1.82) is 0 Å². The second-order valence-electron chi connectivity index (χ2n) is 5.14. The molecule has 0 radical (unpaired) electrons. The van der Waals surface area contributed by atoms with Gasteiger partial charge in [0.15, 0.2) is 4.77 Å². The van der Waals surface area contributed by atoms with Crippen LogP contribution in [0.3, 0.4) is 0 Å². The number of nitrogens with zero attached hydrogens (tertiary/aromatic N) is 1. The maximum atomic E-state index is 11.9. The second kappa shape index (κ2) is 8.86. The minimum Gasteiger partial charge on any atom is -0.496 e. The third-order valence-electron chi connectivity index (χ3n) is 3.61. The van der Waals surface area contributed by atoms with E-state index in [-0.39, 0.29) is 18.0 Å². The summed E-state index contributed by atoms with van der Waals surface area (Å²) in [6.07, 6.45) is 0.749. The van der Waals surface area contributed by atoms with Crippen molar-refractivity contribution >= 4 is 24.6 Å². The maximum Gasteiger partial charge on any atom is 0.252 e. The van der Waals surface area contributed by atoms with Crippen LogP contribution in [0, 0.1) is 11.7 Å². The van der Waals surface area contributed by atoms with Crippen molar-refractivity contribution < 1.29 is 9.47 Å². The van der Waals surface area contributed by atoms with Gasteiger partial charge in [-0.2, -0.15) is 0 Å². The predicted molar refractivity (Wildman–Crippen MR) is 100 cm³/mol. The van der Waals surface area contributed by atoms with Crippen molar-refractivity contribution in [3.8, 4) is 22.8 Å². The van der Waals surface area contributed by atoms with Crippen molar-refractivity contribution in [3.63, 3.8) is 0 Å². The summed E-state index contributed by atoms with van der Waals surface area (Å²) in [5.74, 6) is 1.38. The normalized spacial score (nSPS) is 10.2. The highest BCUT2D eigenvalue weighted by molar-refractivity contribution is 7.71. The molecule has 132 valence electrons. The van der Waals surface area contributed by atoms with Gasteiger partial charge >= 0.3 is 0 Å². The Morgan fingerprint density at radius 1 is 1.21 bits per heavy atom. The Bertz CT molecular complexity index is 817. The van der Waals surface area contributed by atoms with Gasteiger partial charge in [0.2, 0.25) is 0 Å². The Balaban J connectivity index is 0.00000288. The number of aryl methyl sites for hydroxylation is 1. The Kier molecular flexibility index (Phi) is 7.47. The fourth-order valence-corrected chi connectivity index (χ4v) is 2.76. The Labute approximate surface area is 152 Å². The molecule has 3 N–H and O–H groups in total. The third kappa shape index (κ3) is 4.17. The number of aromatic amines is 1. The fraction of sp³-hybridized carbons (Fsp3) is 0.375. The molecule has 0 spiro atoms. The lowest BCUT2D eigenvalue weighted by Crippen LogP contribution is -2.16. The van der Waals surface area contributed by atoms with E-state index in [0.29, 0.717) is 29.3 Å². The average Bonchev–Trinajstić information content (AvgIpc) is 2.53. The zero-order valence-electron chi connectivity index (χ0n) is 13.9. The first-order valence-corrected chi connectivity index (χ1v) is 7.69. The smallest absolute Gasteiger partial charge is 0.252 e. The lowest BCUT2D eigenvalue weighted by atomic mass is 10.1. The van der Waals surface area contributed by atoms with Crippen LogP contribution in [0.1, 0.15) is 12.0 Å². The highest BCUT2D eigenvalue weighted by atomic mass is 35.5. The number of nitrogens with two attached hydrogens (primary N) is 1. The molecule has 1 aromatic heterocycles. The Morgan fingerprint density at radius 2 is 1.88 bits per heavy atom. The summed E-state index contributed by atoms with van der Waals surface area (Å²) in [5, 5.41) is 0. The first-order chi connectivity index (χ1) is 11.0. The number of methoxy groups -OCH3 is 2. The monoisotopic (exact) mass is 371 g/mol. The molecule has 0 unspecified atom stereocenters. The predicted octanol–water partition coefficient (Wildman–Crippen LogP) is 2.67. The standard InChI is InChI=1S/C16H21N3O3S.ClH/c1-10-7-14(22-3)11(8-13(10)21-2)12-9-15(20)18-16(23)19(12)6-4-5-17;/h7-9H,4-6,17H2,1-3H3,(H,18,20,23);1H. The molecule has 2 aromatic rings. The fourth-order valence-electron chi connectivity index (χ4n) is 2.47. The van der Waals surface area contributed by atoms with Crippen LogP contribution in [0.25, 0.3) is 11.3 Å². The number of hydrogen-bond acceptors (Lipinski definition) is 5. The number of ether oxygens (including phenoxy) is 2. The van der Waals surface area contributed by atoms with Gasteiger partial charge in [-0.15, -0.1) is 12.4 Å². The summed E-state index contributed by atoms with van der Waals surface area (Å²) in [5.41, 5.74) is 7.73. The van der Waals surface area contributed by atoms with Crippen molar-refractivity contribution in [2.45, 2.75) is 19.9 Å². The Morgan fingerprint density at radius 3 is 2.46 bits per heavy atom. The molecule has 8 heteroatoms. The highest BCUT2D eigenvalue weighted by Gasteiger charge is 2.15. The van der Waals surface area contributed by atoms with E-state index in [1.54, 1.807) is 14.2 Å². The molecular formula is C16H22ClN3O3S. The van der Waals surface area contributed by atoms with Crippen LogP contribution >= 0.6 is 24.6 Å². The maximum absolute atomic E-state index is 11.9. The molecule has 0 saturated carbocycles. The number of benzene rings is 1. The minimum absolute atomic E-state index is 0. The zero-order valence-corrected chi connectivity index (χ0v) is 15.6. The molecule has 0 bridgehead atoms. The number of nitrogens with one attached hydrogen (secondary N) is 1. The number of H-pyrrole nitrogens is 1. The van der Waals surface area contributed by atoms with Crippen molar-refractivity contribution in [3.05, 3.63) is 38.9 Å². The highest BCUT2D eigenvalue weighted by Crippen LogP contribution is 2.35. The van der Waals surface area contributed by atoms with Gasteiger partial charge < -0.3 is 19.8 Å². The zero-order chi connectivity index (χ0) is 17.0. The van der Waals surface area contributed by atoms with Gasteiger partial charge in [0.25, 0.3) is 5.56 Å². The van der Waals surface area contributed by atoms with Gasteiger partial charge in [-0.25, -0.2) is 0 Å². The van der Waals surface area contributed by atoms with E-state index in [4.69, 9.17) is 27.4 Å². The minimum atomic E-state index is -0.254. The van der Waals surface area contributed by atoms with Gasteiger partial charge in [0.05, 0.1) is 19.9 Å². The summed E-state index contributed by atoms with van der Waals surface area (Å²) in [6, 6.07) is 5.25. The lowest BCUT2D eigenvalue weighted by molar-refractivity contribution is 0.401. The van der Waals surface area contributed by atoms with Crippen LogP contribution in [0.15, 0.2) is 23.0 Å². The number of hydrogen-bond donors (Lipinski definition) is 2. The van der Waals surface area contributed by atoms with Gasteiger partial charge in [0.1, 0.15) is 11.5 Å². The topological polar surface area (TPSA) is 82.3 Å². The number of aromatic nitrogens is 2. The number of halogens is 1. The van der Waals surface area contributed by atoms with Crippen LogP contribution in [-0.2, 0) is 6.54 Å². The first-order valence-electron chi connectivity index (χ1n) is 7.29. The van der Waals surface area contributed by atoms with Crippen molar-refractivity contribution in [2.75, 3.05) is 20.8 Å². The summed E-state index contributed by atoms with van der Waals surface area (Å²) >= 11 is 5.30. The molecule has 24 heavy (non-hydrogen) atoms. The van der Waals surface area contributed by atoms with Crippen molar-refractivity contribution in [1.82, 2.24) is 9.55 Å². The summed E-state index contributed by atoms with van der Waals surface area (Å²) in [6.45, 7) is 3.08. The molecule has 0 aliphatic carbocycles. The van der Waals surface area contributed by atoms with Gasteiger partial charge in [-0.05, 0) is 49.8 Å². The second-order valence-corrected chi connectivity index (χ2v) is 5.53. The molecule has 0 amide bonds.